The number of fused-ring (bicyclic) bond motifs is 2. The molecule has 0 bridgehead atoms. The molecule has 0 amide bonds. The van der Waals surface area contributed by atoms with Crippen molar-refractivity contribution in [2.24, 2.45) is 0 Å². The lowest BCUT2D eigenvalue weighted by Crippen LogP contribution is -1.86. The third kappa shape index (κ3) is 19.5. The number of benzene rings is 3. The summed E-state index contributed by atoms with van der Waals surface area (Å²) in [7, 11) is 0. The van der Waals surface area contributed by atoms with Crippen LogP contribution >= 0.6 is 0 Å². The van der Waals surface area contributed by atoms with E-state index in [-0.39, 0.29) is 5.75 Å². The van der Waals surface area contributed by atoms with Crippen LogP contribution in [-0.4, -0.2) is 79.0 Å². The Balaban J connectivity index is 0.000000206. The minimum absolute atomic E-state index is 0.181. The van der Waals surface area contributed by atoms with Crippen LogP contribution in [-0.2, 0) is 0 Å². The molecule has 14 heteroatoms. The van der Waals surface area contributed by atoms with E-state index in [0.29, 0.717) is 39.2 Å². The second-order valence-corrected chi connectivity index (χ2v) is 12.8. The van der Waals surface area contributed by atoms with Gasteiger partial charge in [0.1, 0.15) is 29.7 Å². The summed E-state index contributed by atoms with van der Waals surface area (Å²) in [5.74, 6) is 0.181. The van der Waals surface area contributed by atoms with Crippen molar-refractivity contribution in [3.63, 3.8) is 0 Å². The van der Waals surface area contributed by atoms with Crippen LogP contribution in [0.5, 0.6) is 5.75 Å². The maximum Gasteiger partial charge on any atom is 0.168 e. The summed E-state index contributed by atoms with van der Waals surface area (Å²) in [6.07, 6.45) is 16.6. The van der Waals surface area contributed by atoms with Gasteiger partial charge in [-0.15, -0.1) is 0 Å². The Morgan fingerprint density at radius 3 is 1.59 bits per heavy atom. The average molecular weight is 879 g/mol. The molecule has 0 aliphatic rings. The summed E-state index contributed by atoms with van der Waals surface area (Å²) >= 11 is 0. The molecular weight excluding hydrogens is 837 g/mol. The van der Waals surface area contributed by atoms with Crippen LogP contribution < -0.4 is 0 Å². The molecule has 0 fully saturated rings. The summed E-state index contributed by atoms with van der Waals surface area (Å²) in [5.41, 5.74) is 6.81. The Bertz CT molecular complexity index is 2750. The van der Waals surface area contributed by atoms with Gasteiger partial charge in [0.25, 0.3) is 0 Å². The van der Waals surface area contributed by atoms with Crippen LogP contribution in [0.4, 0.5) is 0 Å². The van der Waals surface area contributed by atoms with Crippen molar-refractivity contribution in [2.75, 3.05) is 0 Å². The lowest BCUT2D eigenvalue weighted by atomic mass is 10.1. The highest BCUT2D eigenvalue weighted by Gasteiger charge is 1.98. The standard InChI is InChI=1S/2C10H7NO.C7H7NO.C7H6O2.3C6H5NO/c12-7-8-5-9-3-1-2-4-10(9)11-6-8;12-7-8-5-6-11-10-4-2-1-3-9(8)10;1-6-3-2-4-7(5-9)8-6;8-5-6-1-3-7(9)4-2-6;8-5-6-1-3-7-4-2-6;8-5-6-2-1-3-7-4-6;8-5-6-3-1-2-4-7-6/h2*1-7H;2-5H,1H3;1-5,9H;3*1-5H. The maximum absolute atomic E-state index is 10.6. The van der Waals surface area contributed by atoms with Gasteiger partial charge in [0.15, 0.2) is 31.4 Å². The monoisotopic (exact) mass is 878 g/mol. The molecule has 0 saturated carbocycles. The van der Waals surface area contributed by atoms with Gasteiger partial charge in [-0.25, -0.2) is 0 Å². The molecule has 0 radical (unpaired) electrons. The van der Waals surface area contributed by atoms with Crippen molar-refractivity contribution in [2.45, 2.75) is 6.92 Å². The second-order valence-electron chi connectivity index (χ2n) is 12.8. The number of aromatic hydroxyl groups is 1. The van der Waals surface area contributed by atoms with E-state index in [1.54, 1.807) is 104 Å². The third-order valence-electron chi connectivity index (χ3n) is 8.09. The van der Waals surface area contributed by atoms with Crippen molar-refractivity contribution in [1.29, 1.82) is 0 Å². The Morgan fingerprint density at radius 2 is 1.05 bits per heavy atom. The molecule has 9 rings (SSSR count). The second kappa shape index (κ2) is 30.6. The van der Waals surface area contributed by atoms with E-state index in [1.165, 1.54) is 18.3 Å². The summed E-state index contributed by atoms with van der Waals surface area (Å²) in [5, 5.41) is 10.7. The van der Waals surface area contributed by atoms with Crippen LogP contribution in [0.3, 0.4) is 0 Å². The fraction of sp³-hybridized carbons (Fsp3) is 0.0192. The van der Waals surface area contributed by atoms with Crippen molar-refractivity contribution < 1.29 is 38.7 Å². The number of hydrogen-bond acceptors (Lipinski definition) is 14. The largest absolute Gasteiger partial charge is 0.508 e. The smallest absolute Gasteiger partial charge is 0.168 e. The molecule has 9 aromatic rings. The molecular formula is C52H42N6O8. The average Bonchev–Trinajstić information content (AvgIpc) is 3.40. The molecule has 0 saturated heterocycles. The molecule has 0 atom stereocenters. The van der Waals surface area contributed by atoms with Crippen molar-refractivity contribution in [3.05, 3.63) is 234 Å². The zero-order valence-electron chi connectivity index (χ0n) is 35.4. The zero-order chi connectivity index (χ0) is 47.6. The number of aromatic nitrogens is 6. The number of carbonyl (C=O) groups excluding carboxylic acids is 7. The van der Waals surface area contributed by atoms with Gasteiger partial charge in [-0.2, -0.15) is 0 Å². The normalized spacial score (nSPS) is 9.17. The van der Waals surface area contributed by atoms with Crippen molar-refractivity contribution >= 4 is 65.8 Å². The molecule has 0 aliphatic heterocycles. The predicted molar refractivity (Wildman–Crippen MR) is 251 cm³/mol. The number of hydrogen-bond donors (Lipinski definition) is 1. The van der Waals surface area contributed by atoms with Crippen LogP contribution in [0.15, 0.2) is 189 Å². The number of pyridine rings is 6. The zero-order valence-corrected chi connectivity index (χ0v) is 35.4. The summed E-state index contributed by atoms with van der Waals surface area (Å²) in [4.78, 5) is 94.4. The fourth-order valence-electron chi connectivity index (χ4n) is 4.89. The molecule has 6 heterocycles. The van der Waals surface area contributed by atoms with Crippen molar-refractivity contribution in [3.8, 4) is 5.75 Å². The highest BCUT2D eigenvalue weighted by atomic mass is 16.3. The number of nitrogens with zero attached hydrogens (tertiary/aromatic N) is 6. The highest BCUT2D eigenvalue weighted by Crippen LogP contribution is 2.14. The first-order valence-electron chi connectivity index (χ1n) is 19.6. The fourth-order valence-corrected chi connectivity index (χ4v) is 4.89. The van der Waals surface area contributed by atoms with E-state index in [9.17, 15) is 33.6 Å². The molecule has 0 spiro atoms. The number of phenols is 1. The topological polar surface area (TPSA) is 217 Å². The first kappa shape index (κ1) is 50.9. The Labute approximate surface area is 379 Å². The summed E-state index contributed by atoms with van der Waals surface area (Å²) in [6.45, 7) is 1.85. The van der Waals surface area contributed by atoms with E-state index in [1.807, 2.05) is 73.7 Å². The number of phenolic OH excluding ortho intramolecular Hbond substituents is 1. The SMILES string of the molecule is Cc1cccc(C=O)n1.O=Cc1ccc(O)cc1.O=Cc1ccccn1.O=Cc1cccnc1.O=Cc1ccnc2ccccc12.O=Cc1ccncc1.O=Cc1cnc2ccccc2c1. The van der Waals surface area contributed by atoms with Gasteiger partial charge in [-0.05, 0) is 104 Å². The quantitative estimate of drug-likeness (QED) is 0.148. The van der Waals surface area contributed by atoms with E-state index in [0.717, 1.165) is 71.5 Å². The molecule has 3 aromatic carbocycles. The highest BCUT2D eigenvalue weighted by molar-refractivity contribution is 5.96. The molecule has 328 valence electrons. The van der Waals surface area contributed by atoms with E-state index < -0.39 is 0 Å². The lowest BCUT2D eigenvalue weighted by Gasteiger charge is -1.97. The number of rotatable bonds is 7. The van der Waals surface area contributed by atoms with Gasteiger partial charge in [0.05, 0.1) is 11.0 Å². The molecule has 0 unspecified atom stereocenters. The minimum atomic E-state index is 0.181. The summed E-state index contributed by atoms with van der Waals surface area (Å²) < 4.78 is 0. The van der Waals surface area contributed by atoms with Gasteiger partial charge < -0.3 is 5.11 Å². The van der Waals surface area contributed by atoms with E-state index in [2.05, 4.69) is 29.9 Å². The number of para-hydroxylation sites is 2. The first-order chi connectivity index (χ1) is 32.3. The maximum atomic E-state index is 10.6. The summed E-state index contributed by atoms with van der Waals surface area (Å²) in [6, 6.07) is 42.2. The number of aldehydes is 7. The first-order valence-corrected chi connectivity index (χ1v) is 19.6. The molecule has 1 N–H and O–H groups in total. The Morgan fingerprint density at radius 1 is 0.409 bits per heavy atom. The van der Waals surface area contributed by atoms with Gasteiger partial charge in [-0.3, -0.25) is 63.5 Å². The van der Waals surface area contributed by atoms with Crippen LogP contribution in [0, 0.1) is 6.92 Å². The predicted octanol–water partition coefficient (Wildman–Crippen LogP) is 9.18. The molecule has 0 aliphatic carbocycles. The molecule has 14 nitrogen and oxygen atoms in total. The lowest BCUT2D eigenvalue weighted by molar-refractivity contribution is 0.111. The molecule has 66 heavy (non-hydrogen) atoms. The Kier molecular flexibility index (Phi) is 23.6. The Hall–Kier alpha value is -9.43. The van der Waals surface area contributed by atoms with Crippen molar-refractivity contribution in [1.82, 2.24) is 29.9 Å². The molecule has 6 aromatic heterocycles. The third-order valence-corrected chi connectivity index (χ3v) is 8.09. The van der Waals surface area contributed by atoms with Gasteiger partial charge >= 0.3 is 0 Å². The number of aryl methyl sites for hydroxylation is 1. The number of carbonyl (C=O) groups is 7. The van der Waals surface area contributed by atoms with E-state index in [4.69, 9.17) is 5.11 Å². The van der Waals surface area contributed by atoms with Crippen LogP contribution in [0.1, 0.15) is 78.5 Å². The van der Waals surface area contributed by atoms with Gasteiger partial charge in [0.2, 0.25) is 0 Å². The van der Waals surface area contributed by atoms with Crippen LogP contribution in [0.2, 0.25) is 0 Å². The van der Waals surface area contributed by atoms with Crippen LogP contribution in [0.25, 0.3) is 21.8 Å². The van der Waals surface area contributed by atoms with E-state index >= 15 is 0 Å². The minimum Gasteiger partial charge on any atom is -0.508 e. The van der Waals surface area contributed by atoms with Gasteiger partial charge in [-0.1, -0.05) is 48.5 Å². The van der Waals surface area contributed by atoms with Gasteiger partial charge in [0, 0.05) is 87.7 Å².